The SMILES string of the molecule is COC(CC12CC3CC(CC(C3)C1)C2)Oc1ccc(C(CC(C)(C)C)C(C)C)cc1. The Kier molecular flexibility index (Phi) is 6.28. The monoisotopic (exact) mass is 412 g/mol. The predicted octanol–water partition coefficient (Wildman–Crippen LogP) is 7.82. The molecule has 30 heavy (non-hydrogen) atoms. The fourth-order valence-corrected chi connectivity index (χ4v) is 7.41. The summed E-state index contributed by atoms with van der Waals surface area (Å²) in [6.07, 6.45) is 10.8. The maximum Gasteiger partial charge on any atom is 0.200 e. The van der Waals surface area contributed by atoms with Crippen LogP contribution in [0.2, 0.25) is 0 Å². The molecule has 2 nitrogen and oxygen atoms in total. The lowest BCUT2D eigenvalue weighted by atomic mass is 9.49. The van der Waals surface area contributed by atoms with Crippen LogP contribution in [0.25, 0.3) is 0 Å². The molecular formula is C28H44O2. The van der Waals surface area contributed by atoms with Gasteiger partial charge < -0.3 is 9.47 Å². The summed E-state index contributed by atoms with van der Waals surface area (Å²) in [6, 6.07) is 8.89. The molecule has 0 aromatic heterocycles. The summed E-state index contributed by atoms with van der Waals surface area (Å²) in [5.74, 6) is 5.10. The van der Waals surface area contributed by atoms with Gasteiger partial charge in [-0.1, -0.05) is 46.8 Å². The molecule has 4 fully saturated rings. The van der Waals surface area contributed by atoms with Gasteiger partial charge in [-0.25, -0.2) is 0 Å². The molecule has 2 unspecified atom stereocenters. The summed E-state index contributed by atoms with van der Waals surface area (Å²) >= 11 is 0. The van der Waals surface area contributed by atoms with Gasteiger partial charge in [0, 0.05) is 13.5 Å². The van der Waals surface area contributed by atoms with E-state index in [9.17, 15) is 0 Å². The molecule has 0 saturated heterocycles. The quantitative estimate of drug-likeness (QED) is 0.405. The van der Waals surface area contributed by atoms with Gasteiger partial charge in [-0.15, -0.1) is 0 Å². The van der Waals surface area contributed by atoms with Gasteiger partial charge in [0.15, 0.2) is 6.29 Å². The third-order valence-electron chi connectivity index (χ3n) is 8.24. The van der Waals surface area contributed by atoms with E-state index >= 15 is 0 Å². The first-order chi connectivity index (χ1) is 14.1. The van der Waals surface area contributed by atoms with Crippen LogP contribution in [0.3, 0.4) is 0 Å². The second-order valence-corrected chi connectivity index (χ2v) is 12.6. The minimum atomic E-state index is -0.123. The molecule has 168 valence electrons. The van der Waals surface area contributed by atoms with Gasteiger partial charge in [0.05, 0.1) is 0 Å². The highest BCUT2D eigenvalue weighted by molar-refractivity contribution is 5.30. The van der Waals surface area contributed by atoms with Gasteiger partial charge in [-0.3, -0.25) is 0 Å². The third-order valence-corrected chi connectivity index (χ3v) is 8.24. The second kappa shape index (κ2) is 8.49. The molecule has 0 heterocycles. The molecule has 0 N–H and O–H groups in total. The Bertz CT molecular complexity index is 661. The van der Waals surface area contributed by atoms with Crippen LogP contribution in [-0.4, -0.2) is 13.4 Å². The van der Waals surface area contributed by atoms with Crippen molar-refractivity contribution in [2.24, 2.45) is 34.5 Å². The van der Waals surface area contributed by atoms with Crippen LogP contribution >= 0.6 is 0 Å². The lowest BCUT2D eigenvalue weighted by Gasteiger charge is -2.57. The third kappa shape index (κ3) is 5.06. The molecule has 4 aliphatic carbocycles. The summed E-state index contributed by atoms with van der Waals surface area (Å²) in [5, 5.41) is 0. The number of methoxy groups -OCH3 is 1. The molecule has 5 rings (SSSR count). The van der Waals surface area contributed by atoms with Crippen LogP contribution in [0.4, 0.5) is 0 Å². The van der Waals surface area contributed by atoms with Gasteiger partial charge in [-0.2, -0.15) is 0 Å². The Morgan fingerprint density at radius 3 is 1.90 bits per heavy atom. The normalized spacial score (nSPS) is 32.4. The van der Waals surface area contributed by atoms with E-state index in [4.69, 9.17) is 9.47 Å². The molecule has 1 aromatic rings. The number of hydrogen-bond acceptors (Lipinski definition) is 2. The van der Waals surface area contributed by atoms with Crippen molar-refractivity contribution < 1.29 is 9.47 Å². The standard InChI is InChI=1S/C28H44O2/c1-19(2)25(17-27(3,4)5)23-7-9-24(10-8-23)30-26(29-6)18-28-14-20-11-21(15-28)13-22(12-20)16-28/h7-10,19-22,25-26H,11-18H2,1-6H3. The van der Waals surface area contributed by atoms with Crippen LogP contribution in [0.5, 0.6) is 5.75 Å². The van der Waals surface area contributed by atoms with Crippen molar-refractivity contribution in [2.75, 3.05) is 7.11 Å². The van der Waals surface area contributed by atoms with Gasteiger partial charge >= 0.3 is 0 Å². The zero-order chi connectivity index (χ0) is 21.5. The van der Waals surface area contributed by atoms with E-state index in [0.717, 1.165) is 29.9 Å². The summed E-state index contributed by atoms with van der Waals surface area (Å²) in [5.41, 5.74) is 2.25. The predicted molar refractivity (Wildman–Crippen MR) is 125 cm³/mol. The molecule has 1 aromatic carbocycles. The smallest absolute Gasteiger partial charge is 0.200 e. The lowest BCUT2D eigenvalue weighted by Crippen LogP contribution is -2.48. The van der Waals surface area contributed by atoms with Crippen LogP contribution in [0, 0.1) is 34.5 Å². The Balaban J connectivity index is 1.40. The molecule has 4 saturated carbocycles. The van der Waals surface area contributed by atoms with E-state index in [0.29, 0.717) is 22.7 Å². The van der Waals surface area contributed by atoms with Crippen molar-refractivity contribution in [3.05, 3.63) is 29.8 Å². The molecule has 4 aliphatic rings. The Morgan fingerprint density at radius 2 is 1.47 bits per heavy atom. The van der Waals surface area contributed by atoms with Crippen LogP contribution in [0.15, 0.2) is 24.3 Å². The largest absolute Gasteiger partial charge is 0.465 e. The number of rotatable bonds is 8. The van der Waals surface area contributed by atoms with E-state index < -0.39 is 0 Å². The average molecular weight is 413 g/mol. The highest BCUT2D eigenvalue weighted by Gasteiger charge is 2.51. The fraction of sp³-hybridized carbons (Fsp3) is 0.786. The number of hydrogen-bond donors (Lipinski definition) is 0. The molecular weight excluding hydrogens is 368 g/mol. The Hall–Kier alpha value is -1.02. The molecule has 2 atom stereocenters. The average Bonchev–Trinajstić information content (AvgIpc) is 2.64. The summed E-state index contributed by atoms with van der Waals surface area (Å²) in [7, 11) is 1.82. The molecule has 0 amide bonds. The van der Waals surface area contributed by atoms with E-state index in [1.165, 1.54) is 50.5 Å². The maximum absolute atomic E-state index is 6.38. The first-order valence-electron chi connectivity index (χ1n) is 12.4. The van der Waals surface area contributed by atoms with Gasteiger partial charge in [0.25, 0.3) is 0 Å². The van der Waals surface area contributed by atoms with Crippen molar-refractivity contribution in [2.45, 2.75) is 98.2 Å². The van der Waals surface area contributed by atoms with Crippen LogP contribution in [-0.2, 0) is 4.74 Å². The first kappa shape index (κ1) is 22.2. The van der Waals surface area contributed by atoms with Crippen molar-refractivity contribution >= 4 is 0 Å². The van der Waals surface area contributed by atoms with E-state index in [2.05, 4.69) is 58.9 Å². The highest BCUT2D eigenvalue weighted by atomic mass is 16.7. The number of ether oxygens (including phenoxy) is 2. The maximum atomic E-state index is 6.38. The first-order valence-corrected chi connectivity index (χ1v) is 12.4. The molecule has 2 heteroatoms. The van der Waals surface area contributed by atoms with E-state index in [1.807, 2.05) is 7.11 Å². The summed E-state index contributed by atoms with van der Waals surface area (Å²) in [6.45, 7) is 11.7. The lowest BCUT2D eigenvalue weighted by molar-refractivity contribution is -0.129. The van der Waals surface area contributed by atoms with Crippen molar-refractivity contribution in [1.82, 2.24) is 0 Å². The number of benzene rings is 1. The minimum Gasteiger partial charge on any atom is -0.465 e. The van der Waals surface area contributed by atoms with Gasteiger partial charge in [0.2, 0.25) is 0 Å². The minimum absolute atomic E-state index is 0.123. The van der Waals surface area contributed by atoms with E-state index in [1.54, 1.807) is 0 Å². The van der Waals surface area contributed by atoms with Crippen molar-refractivity contribution in [1.29, 1.82) is 0 Å². The van der Waals surface area contributed by atoms with Gasteiger partial charge in [-0.05, 0) is 103 Å². The van der Waals surface area contributed by atoms with Crippen molar-refractivity contribution in [3.8, 4) is 5.75 Å². The highest BCUT2D eigenvalue weighted by Crippen LogP contribution is 2.61. The van der Waals surface area contributed by atoms with Crippen molar-refractivity contribution in [3.63, 3.8) is 0 Å². The van der Waals surface area contributed by atoms with Crippen LogP contribution in [0.1, 0.15) is 97.5 Å². The zero-order valence-electron chi connectivity index (χ0n) is 20.2. The van der Waals surface area contributed by atoms with E-state index in [-0.39, 0.29) is 6.29 Å². The molecule has 0 radical (unpaired) electrons. The zero-order valence-corrected chi connectivity index (χ0v) is 20.2. The fourth-order valence-electron chi connectivity index (χ4n) is 7.41. The summed E-state index contributed by atoms with van der Waals surface area (Å²) < 4.78 is 12.2. The second-order valence-electron chi connectivity index (χ2n) is 12.6. The Morgan fingerprint density at radius 1 is 0.933 bits per heavy atom. The summed E-state index contributed by atoms with van der Waals surface area (Å²) in [4.78, 5) is 0. The van der Waals surface area contributed by atoms with Crippen LogP contribution < -0.4 is 4.74 Å². The molecule has 0 aliphatic heterocycles. The topological polar surface area (TPSA) is 18.5 Å². The van der Waals surface area contributed by atoms with Gasteiger partial charge in [0.1, 0.15) is 5.75 Å². The Labute approximate surface area is 185 Å². The molecule has 4 bridgehead atoms. The molecule has 0 spiro atoms.